The third kappa shape index (κ3) is 4.65. The molecule has 0 saturated carbocycles. The molecule has 0 radical (unpaired) electrons. The van der Waals surface area contributed by atoms with Gasteiger partial charge in [-0.25, -0.2) is 21.6 Å². The van der Waals surface area contributed by atoms with Crippen molar-refractivity contribution in [2.45, 2.75) is 24.0 Å². The van der Waals surface area contributed by atoms with Crippen LogP contribution < -0.4 is 13.8 Å². The van der Waals surface area contributed by atoms with E-state index in [0.29, 0.717) is 18.7 Å². The Hall–Kier alpha value is -1.40. The molecular weight excluding hydrogens is 384 g/mol. The Bertz CT molecular complexity index is 820. The van der Waals surface area contributed by atoms with E-state index in [4.69, 9.17) is 14.2 Å². The van der Waals surface area contributed by atoms with Crippen LogP contribution in [0.1, 0.15) is 12.8 Å². The van der Waals surface area contributed by atoms with Crippen molar-refractivity contribution in [1.82, 2.24) is 4.72 Å². The summed E-state index contributed by atoms with van der Waals surface area (Å²) in [6.45, 7) is 0.210. The van der Waals surface area contributed by atoms with Gasteiger partial charge >= 0.3 is 0 Å². The minimum atomic E-state index is -3.97. The molecule has 148 valence electrons. The molecule has 1 aromatic rings. The third-order valence-corrected chi connectivity index (χ3v) is 7.35. The number of ether oxygens (including phenoxy) is 3. The average Bonchev–Trinajstić information content (AvgIpc) is 2.61. The summed E-state index contributed by atoms with van der Waals surface area (Å²) in [5, 5.41) is 0. The van der Waals surface area contributed by atoms with Crippen LogP contribution in [0.3, 0.4) is 0 Å². The summed E-state index contributed by atoms with van der Waals surface area (Å²) < 4.78 is 68.6. The summed E-state index contributed by atoms with van der Waals surface area (Å²) in [4.78, 5) is -0.149. The molecule has 0 amide bonds. The first-order valence-electron chi connectivity index (χ1n) is 7.99. The molecule has 0 unspecified atom stereocenters. The largest absolute Gasteiger partial charge is 0.495 e. The predicted octanol–water partition coefficient (Wildman–Crippen LogP) is 0.522. The van der Waals surface area contributed by atoms with Gasteiger partial charge in [-0.2, -0.15) is 0 Å². The molecule has 1 saturated heterocycles. The maximum absolute atomic E-state index is 12.7. The van der Waals surface area contributed by atoms with E-state index < -0.39 is 26.3 Å². The van der Waals surface area contributed by atoms with Gasteiger partial charge < -0.3 is 14.2 Å². The van der Waals surface area contributed by atoms with Gasteiger partial charge in [0, 0.05) is 20.8 Å². The SMILES string of the molecule is COc1ccc(N2CCCCS2(=O)=O)cc1S(=O)(=O)NCC(OC)OC. The molecule has 0 spiro atoms. The summed E-state index contributed by atoms with van der Waals surface area (Å²) in [7, 11) is -3.29. The maximum atomic E-state index is 12.7. The van der Waals surface area contributed by atoms with E-state index in [2.05, 4.69) is 4.72 Å². The second-order valence-electron chi connectivity index (χ2n) is 5.68. The molecule has 1 aliphatic rings. The van der Waals surface area contributed by atoms with Crippen molar-refractivity contribution in [2.24, 2.45) is 0 Å². The van der Waals surface area contributed by atoms with Gasteiger partial charge in [-0.15, -0.1) is 0 Å². The highest BCUT2D eigenvalue weighted by atomic mass is 32.2. The summed E-state index contributed by atoms with van der Waals surface area (Å²) >= 11 is 0. The van der Waals surface area contributed by atoms with Crippen LogP contribution in [0, 0.1) is 0 Å². The van der Waals surface area contributed by atoms with Crippen LogP contribution >= 0.6 is 0 Å². The van der Waals surface area contributed by atoms with Crippen LogP contribution in [-0.4, -0.2) is 63.3 Å². The van der Waals surface area contributed by atoms with Crippen molar-refractivity contribution in [1.29, 1.82) is 0 Å². The summed E-state index contributed by atoms with van der Waals surface area (Å²) in [5.41, 5.74) is 0.293. The Kier molecular flexibility index (Phi) is 6.86. The van der Waals surface area contributed by atoms with Crippen molar-refractivity contribution in [3.05, 3.63) is 18.2 Å². The average molecular weight is 408 g/mol. The number of hydrogen-bond donors (Lipinski definition) is 1. The second kappa shape index (κ2) is 8.53. The normalized spacial score (nSPS) is 17.5. The van der Waals surface area contributed by atoms with Crippen LogP contribution in [0.5, 0.6) is 5.75 Å². The van der Waals surface area contributed by atoms with Crippen molar-refractivity contribution < 1.29 is 31.0 Å². The van der Waals surface area contributed by atoms with Crippen LogP contribution in [-0.2, 0) is 29.5 Å². The molecule has 1 aliphatic heterocycles. The number of nitrogens with one attached hydrogen (secondary N) is 1. The molecule has 1 fully saturated rings. The quantitative estimate of drug-likeness (QED) is 0.624. The van der Waals surface area contributed by atoms with E-state index in [1.807, 2.05) is 0 Å². The van der Waals surface area contributed by atoms with E-state index in [-0.39, 0.29) is 22.9 Å². The van der Waals surface area contributed by atoms with E-state index in [1.165, 1.54) is 43.8 Å². The summed E-state index contributed by atoms with van der Waals surface area (Å²) in [6.07, 6.45) is 0.563. The molecule has 0 atom stereocenters. The first kappa shape index (κ1) is 20.9. The molecule has 11 heteroatoms. The summed E-state index contributed by atoms with van der Waals surface area (Å²) in [5.74, 6) is 0.157. The maximum Gasteiger partial charge on any atom is 0.244 e. The standard InChI is InChI=1S/C15H24N2O7S2/c1-22-13-7-6-12(17-8-4-5-9-25(17,18)19)10-14(13)26(20,21)16-11-15(23-2)24-3/h6-7,10,15-16H,4-5,8-9,11H2,1-3H3. The first-order valence-corrected chi connectivity index (χ1v) is 11.1. The minimum absolute atomic E-state index is 0.0444. The molecule has 0 aromatic heterocycles. The van der Waals surface area contributed by atoms with E-state index in [9.17, 15) is 16.8 Å². The Balaban J connectivity index is 2.38. The number of anilines is 1. The van der Waals surface area contributed by atoms with Crippen LogP contribution in [0.25, 0.3) is 0 Å². The topological polar surface area (TPSA) is 111 Å². The van der Waals surface area contributed by atoms with Crippen LogP contribution in [0.4, 0.5) is 5.69 Å². The lowest BCUT2D eigenvalue weighted by atomic mass is 10.2. The number of rotatable bonds is 8. The fraction of sp³-hybridized carbons (Fsp3) is 0.600. The highest BCUT2D eigenvalue weighted by Gasteiger charge is 2.29. The smallest absolute Gasteiger partial charge is 0.244 e. The molecule has 9 nitrogen and oxygen atoms in total. The zero-order chi connectivity index (χ0) is 19.4. The lowest BCUT2D eigenvalue weighted by Crippen LogP contribution is -2.38. The Morgan fingerprint density at radius 3 is 2.46 bits per heavy atom. The Morgan fingerprint density at radius 2 is 1.88 bits per heavy atom. The number of methoxy groups -OCH3 is 3. The van der Waals surface area contributed by atoms with Gasteiger partial charge in [0.25, 0.3) is 0 Å². The fourth-order valence-electron chi connectivity index (χ4n) is 2.63. The lowest BCUT2D eigenvalue weighted by Gasteiger charge is -2.28. The predicted molar refractivity (Wildman–Crippen MR) is 96.4 cm³/mol. The van der Waals surface area contributed by atoms with Gasteiger partial charge in [0.2, 0.25) is 20.0 Å². The second-order valence-corrected chi connectivity index (χ2v) is 9.43. The highest BCUT2D eigenvalue weighted by molar-refractivity contribution is 7.92. The molecule has 2 rings (SSSR count). The van der Waals surface area contributed by atoms with Gasteiger partial charge in [0.05, 0.1) is 25.1 Å². The molecule has 1 aromatic carbocycles. The Morgan fingerprint density at radius 1 is 1.19 bits per heavy atom. The molecule has 26 heavy (non-hydrogen) atoms. The molecule has 0 aliphatic carbocycles. The van der Waals surface area contributed by atoms with Crippen molar-refractivity contribution >= 4 is 25.7 Å². The number of hydrogen-bond acceptors (Lipinski definition) is 7. The van der Waals surface area contributed by atoms with E-state index >= 15 is 0 Å². The fourth-order valence-corrected chi connectivity index (χ4v) is 5.46. The third-order valence-electron chi connectivity index (χ3n) is 4.04. The zero-order valence-corrected chi connectivity index (χ0v) is 16.6. The van der Waals surface area contributed by atoms with Crippen molar-refractivity contribution in [3.63, 3.8) is 0 Å². The zero-order valence-electron chi connectivity index (χ0n) is 15.0. The van der Waals surface area contributed by atoms with E-state index in [1.54, 1.807) is 0 Å². The number of benzene rings is 1. The van der Waals surface area contributed by atoms with E-state index in [0.717, 1.165) is 6.42 Å². The van der Waals surface area contributed by atoms with Crippen LogP contribution in [0.2, 0.25) is 0 Å². The van der Waals surface area contributed by atoms with Gasteiger partial charge in [-0.3, -0.25) is 4.31 Å². The number of sulfonamides is 2. The Labute approximate surface area is 154 Å². The molecule has 1 heterocycles. The summed E-state index contributed by atoms with van der Waals surface area (Å²) in [6, 6.07) is 4.28. The monoisotopic (exact) mass is 408 g/mol. The van der Waals surface area contributed by atoms with Crippen LogP contribution in [0.15, 0.2) is 23.1 Å². The lowest BCUT2D eigenvalue weighted by molar-refractivity contribution is -0.0960. The highest BCUT2D eigenvalue weighted by Crippen LogP contribution is 2.31. The van der Waals surface area contributed by atoms with Crippen molar-refractivity contribution in [2.75, 3.05) is 44.5 Å². The van der Waals surface area contributed by atoms with Gasteiger partial charge in [-0.05, 0) is 31.0 Å². The first-order chi connectivity index (χ1) is 12.2. The van der Waals surface area contributed by atoms with Gasteiger partial charge in [0.1, 0.15) is 10.6 Å². The minimum Gasteiger partial charge on any atom is -0.495 e. The van der Waals surface area contributed by atoms with Gasteiger partial charge in [-0.1, -0.05) is 0 Å². The van der Waals surface area contributed by atoms with Crippen molar-refractivity contribution in [3.8, 4) is 5.75 Å². The molecule has 0 bridgehead atoms. The molecule has 1 N–H and O–H groups in total. The molecular formula is C15H24N2O7S2. The number of nitrogens with zero attached hydrogens (tertiary/aromatic N) is 1. The van der Waals surface area contributed by atoms with Gasteiger partial charge in [0.15, 0.2) is 6.29 Å².